The summed E-state index contributed by atoms with van der Waals surface area (Å²) in [4.78, 5) is 11.0. The first kappa shape index (κ1) is 28.6. The van der Waals surface area contributed by atoms with Gasteiger partial charge in [-0.15, -0.1) is 0 Å². The quantitative estimate of drug-likeness (QED) is 0.392. The van der Waals surface area contributed by atoms with Gasteiger partial charge in [-0.25, -0.2) is 0 Å². The molecule has 1 unspecified atom stereocenters. The van der Waals surface area contributed by atoms with Gasteiger partial charge in [-0.2, -0.15) is 0 Å². The number of nitrogens with one attached hydrogen (secondary N) is 2. The minimum Gasteiger partial charge on any atom is -0.376 e. The zero-order chi connectivity index (χ0) is 21.6. The van der Waals surface area contributed by atoms with Gasteiger partial charge in [0.2, 0.25) is 5.91 Å². The topological polar surface area (TPSA) is 50.4 Å². The number of benzene rings is 1. The Balaban J connectivity index is 0. The van der Waals surface area contributed by atoms with Crippen LogP contribution in [0.4, 0.5) is 0 Å². The highest BCUT2D eigenvalue weighted by Crippen LogP contribution is 2.15. The number of carbonyl (C=O) groups excluding carboxylic acids is 1. The van der Waals surface area contributed by atoms with Crippen LogP contribution in [0.5, 0.6) is 0 Å². The van der Waals surface area contributed by atoms with E-state index in [-0.39, 0.29) is 5.91 Å². The molecule has 0 aliphatic carbocycles. The van der Waals surface area contributed by atoms with E-state index in [2.05, 4.69) is 48.7 Å². The highest BCUT2D eigenvalue weighted by molar-refractivity contribution is 5.87. The maximum atomic E-state index is 11.0. The molecule has 1 atom stereocenters. The van der Waals surface area contributed by atoms with Crippen LogP contribution < -0.4 is 10.6 Å². The smallest absolute Gasteiger partial charge is 0.243 e. The average molecular weight is 393 g/mol. The predicted molar refractivity (Wildman–Crippen MR) is 123 cm³/mol. The molecule has 0 bridgehead atoms. The number of ether oxygens (including phenoxy) is 1. The van der Waals surface area contributed by atoms with Gasteiger partial charge in [0, 0.05) is 19.7 Å². The Labute approximate surface area is 174 Å². The molecule has 1 amide bonds. The van der Waals surface area contributed by atoms with Crippen LogP contribution in [0.2, 0.25) is 0 Å². The van der Waals surface area contributed by atoms with Crippen molar-refractivity contribution >= 4 is 5.91 Å². The van der Waals surface area contributed by atoms with Crippen molar-refractivity contribution in [1.82, 2.24) is 10.6 Å². The lowest BCUT2D eigenvalue weighted by atomic mass is 9.93. The molecule has 4 nitrogen and oxygen atoms in total. The lowest BCUT2D eigenvalue weighted by Gasteiger charge is -2.15. The van der Waals surface area contributed by atoms with Crippen molar-refractivity contribution in [3.05, 3.63) is 47.5 Å². The Morgan fingerprint density at radius 2 is 1.75 bits per heavy atom. The van der Waals surface area contributed by atoms with Crippen molar-refractivity contribution in [2.75, 3.05) is 33.4 Å². The number of likely N-dealkylation sites (N-methyl/N-ethyl adjacent to an activating group) is 1. The highest BCUT2D eigenvalue weighted by atomic mass is 16.5. The lowest BCUT2D eigenvalue weighted by molar-refractivity contribution is -0.116. The summed E-state index contributed by atoms with van der Waals surface area (Å²) in [5.41, 5.74) is 2.75. The van der Waals surface area contributed by atoms with Gasteiger partial charge in [0.1, 0.15) is 0 Å². The second-order valence-electron chi connectivity index (χ2n) is 6.09. The van der Waals surface area contributed by atoms with Crippen LogP contribution in [0.3, 0.4) is 0 Å². The van der Waals surface area contributed by atoms with Gasteiger partial charge in [-0.05, 0) is 37.8 Å². The number of hydrogen-bond donors (Lipinski definition) is 2. The van der Waals surface area contributed by atoms with Gasteiger partial charge >= 0.3 is 0 Å². The molecule has 0 saturated heterocycles. The van der Waals surface area contributed by atoms with E-state index in [1.165, 1.54) is 30.0 Å². The van der Waals surface area contributed by atoms with E-state index in [1.54, 1.807) is 13.1 Å². The van der Waals surface area contributed by atoms with E-state index >= 15 is 0 Å². The fraction of sp³-hybridized carbons (Fsp3) is 0.625. The lowest BCUT2D eigenvalue weighted by Crippen LogP contribution is -2.23. The van der Waals surface area contributed by atoms with Crippen molar-refractivity contribution in [1.29, 1.82) is 0 Å². The number of amides is 1. The number of aryl methyl sites for hydroxylation is 1. The van der Waals surface area contributed by atoms with E-state index in [9.17, 15) is 4.79 Å². The third-order valence-electron chi connectivity index (χ3n) is 4.10. The molecule has 0 heterocycles. The molecule has 28 heavy (non-hydrogen) atoms. The minimum atomic E-state index is -0.101. The second-order valence-corrected chi connectivity index (χ2v) is 6.09. The second kappa shape index (κ2) is 21.6. The molecule has 1 aromatic carbocycles. The maximum Gasteiger partial charge on any atom is 0.243 e. The van der Waals surface area contributed by atoms with E-state index < -0.39 is 0 Å². The fourth-order valence-electron chi connectivity index (χ4n) is 2.47. The van der Waals surface area contributed by atoms with Gasteiger partial charge in [-0.1, -0.05) is 76.9 Å². The summed E-state index contributed by atoms with van der Waals surface area (Å²) >= 11 is 0. The summed E-state index contributed by atoms with van der Waals surface area (Å²) in [6.45, 7) is 15.4. The van der Waals surface area contributed by atoms with E-state index in [4.69, 9.17) is 4.74 Å². The van der Waals surface area contributed by atoms with Crippen molar-refractivity contribution < 1.29 is 9.53 Å². The zero-order valence-electron chi connectivity index (χ0n) is 19.3. The highest BCUT2D eigenvalue weighted by Gasteiger charge is 2.07. The van der Waals surface area contributed by atoms with Gasteiger partial charge in [-0.3, -0.25) is 4.79 Å². The average Bonchev–Trinajstić information content (AvgIpc) is 2.75. The largest absolute Gasteiger partial charge is 0.376 e. The summed E-state index contributed by atoms with van der Waals surface area (Å²) < 4.78 is 5.44. The van der Waals surface area contributed by atoms with Gasteiger partial charge in [0.25, 0.3) is 0 Å². The van der Waals surface area contributed by atoms with Crippen molar-refractivity contribution in [3.63, 3.8) is 0 Å². The Morgan fingerprint density at radius 1 is 1.11 bits per heavy atom. The van der Waals surface area contributed by atoms with E-state index in [0.29, 0.717) is 13.2 Å². The SMILES string of the molecule is CC.CC.CCC(CCNCCOC/C=C\C(=O)NC)Cc1ccc(C)cc1. The molecule has 0 spiro atoms. The molecule has 0 aliphatic heterocycles. The summed E-state index contributed by atoms with van der Waals surface area (Å²) in [6, 6.07) is 8.86. The van der Waals surface area contributed by atoms with Gasteiger partial charge in [0.05, 0.1) is 13.2 Å². The number of rotatable bonds is 12. The third kappa shape index (κ3) is 16.5. The summed E-state index contributed by atoms with van der Waals surface area (Å²) in [5, 5.41) is 5.95. The molecule has 0 fully saturated rings. The molecule has 2 N–H and O–H groups in total. The van der Waals surface area contributed by atoms with E-state index in [0.717, 1.165) is 25.4 Å². The first-order chi connectivity index (χ1) is 13.7. The van der Waals surface area contributed by atoms with Crippen LogP contribution in [0, 0.1) is 12.8 Å². The maximum absolute atomic E-state index is 11.0. The standard InChI is InChI=1S/C20H32N2O2.2C2H6/c1-4-18(16-19-9-7-17(2)8-10-19)11-12-22-13-15-24-14-5-6-20(23)21-3;2*1-2/h5-10,18,22H,4,11-16H2,1-3H3,(H,21,23);2*1-2H3/b6-5-;;. The first-order valence-corrected chi connectivity index (χ1v) is 10.9. The van der Waals surface area contributed by atoms with Gasteiger partial charge in [0.15, 0.2) is 0 Å². The van der Waals surface area contributed by atoms with Crippen LogP contribution in [-0.2, 0) is 16.0 Å². The molecule has 1 aromatic rings. The molecule has 0 aliphatic rings. The van der Waals surface area contributed by atoms with E-state index in [1.807, 2.05) is 27.7 Å². The van der Waals surface area contributed by atoms with Gasteiger partial charge < -0.3 is 15.4 Å². The zero-order valence-corrected chi connectivity index (χ0v) is 19.3. The van der Waals surface area contributed by atoms with Crippen LogP contribution in [-0.4, -0.2) is 39.3 Å². The normalized spacial score (nSPS) is 11.1. The summed E-state index contributed by atoms with van der Waals surface area (Å²) in [5.74, 6) is 0.618. The molecule has 0 aromatic heterocycles. The summed E-state index contributed by atoms with van der Waals surface area (Å²) in [6.07, 6.45) is 6.76. The Morgan fingerprint density at radius 3 is 2.32 bits per heavy atom. The Hall–Kier alpha value is -1.65. The molecule has 162 valence electrons. The Kier molecular flexibility index (Phi) is 22.1. The molecular weight excluding hydrogens is 348 g/mol. The molecular formula is C24H44N2O2. The number of carbonyl (C=O) groups is 1. The summed E-state index contributed by atoms with van der Waals surface area (Å²) in [7, 11) is 1.61. The fourth-order valence-corrected chi connectivity index (χ4v) is 2.47. The molecule has 1 rings (SSSR count). The number of hydrogen-bond acceptors (Lipinski definition) is 3. The monoisotopic (exact) mass is 392 g/mol. The van der Waals surface area contributed by atoms with Crippen molar-refractivity contribution in [2.24, 2.45) is 5.92 Å². The minimum absolute atomic E-state index is 0.101. The van der Waals surface area contributed by atoms with Crippen LogP contribution in [0.25, 0.3) is 0 Å². The van der Waals surface area contributed by atoms with Crippen molar-refractivity contribution in [2.45, 2.75) is 60.8 Å². The molecule has 0 radical (unpaired) electrons. The molecule has 0 saturated carbocycles. The predicted octanol–water partition coefficient (Wildman–Crippen LogP) is 4.91. The van der Waals surface area contributed by atoms with Crippen LogP contribution >= 0.6 is 0 Å². The Bertz CT molecular complexity index is 484. The third-order valence-corrected chi connectivity index (χ3v) is 4.10. The van der Waals surface area contributed by atoms with Crippen molar-refractivity contribution in [3.8, 4) is 0 Å². The van der Waals surface area contributed by atoms with Crippen LogP contribution in [0.1, 0.15) is 58.6 Å². The van der Waals surface area contributed by atoms with Crippen LogP contribution in [0.15, 0.2) is 36.4 Å². The molecule has 4 heteroatoms. The first-order valence-electron chi connectivity index (χ1n) is 10.9.